The molecule has 1 aromatic carbocycles. The molecular weight excluding hydrogens is 450 g/mol. The lowest BCUT2D eigenvalue weighted by Crippen LogP contribution is -2.44. The minimum atomic E-state index is -0.488. The second-order valence-corrected chi connectivity index (χ2v) is 8.74. The van der Waals surface area contributed by atoms with Crippen LogP contribution >= 0.6 is 0 Å². The number of fused-ring (bicyclic) bond motifs is 1. The van der Waals surface area contributed by atoms with Crippen LogP contribution in [-0.2, 0) is 16.0 Å². The zero-order valence-electron chi connectivity index (χ0n) is 18.9. The van der Waals surface area contributed by atoms with E-state index in [9.17, 15) is 14.7 Å². The van der Waals surface area contributed by atoms with Crippen molar-refractivity contribution in [1.29, 1.82) is 0 Å². The number of allylic oxidation sites excluding steroid dienone is 1. The molecule has 11 nitrogen and oxygen atoms in total. The van der Waals surface area contributed by atoms with Crippen LogP contribution in [0.25, 0.3) is 11.4 Å². The number of nitrogens with one attached hydrogen (secondary N) is 2. The van der Waals surface area contributed by atoms with Crippen LogP contribution in [0.3, 0.4) is 0 Å². The summed E-state index contributed by atoms with van der Waals surface area (Å²) in [6.07, 6.45) is 9.23. The van der Waals surface area contributed by atoms with Crippen LogP contribution in [0.4, 0.5) is 0 Å². The molecule has 3 heterocycles. The van der Waals surface area contributed by atoms with Gasteiger partial charge in [0.05, 0.1) is 0 Å². The van der Waals surface area contributed by atoms with Gasteiger partial charge in [0.25, 0.3) is 5.91 Å². The molecule has 1 saturated carbocycles. The van der Waals surface area contributed by atoms with Crippen LogP contribution in [0.2, 0.25) is 0 Å². The largest absolute Gasteiger partial charge is 0.508 e. The molecule has 180 valence electrons. The third kappa shape index (κ3) is 5.34. The number of amides is 2. The van der Waals surface area contributed by atoms with Crippen molar-refractivity contribution >= 4 is 18.0 Å². The van der Waals surface area contributed by atoms with Crippen molar-refractivity contribution in [2.75, 3.05) is 0 Å². The van der Waals surface area contributed by atoms with Gasteiger partial charge in [-0.05, 0) is 56.0 Å². The van der Waals surface area contributed by atoms with Gasteiger partial charge in [0.2, 0.25) is 17.6 Å². The summed E-state index contributed by atoms with van der Waals surface area (Å²) in [5.41, 5.74) is 1.31. The summed E-state index contributed by atoms with van der Waals surface area (Å²) >= 11 is 0. The second kappa shape index (κ2) is 10.00. The Balaban J connectivity index is 1.12. The Morgan fingerprint density at radius 2 is 1.97 bits per heavy atom. The molecule has 3 N–H and O–H groups in total. The van der Waals surface area contributed by atoms with Crippen molar-refractivity contribution in [3.05, 3.63) is 53.8 Å². The van der Waals surface area contributed by atoms with Gasteiger partial charge in [-0.2, -0.15) is 4.98 Å². The second-order valence-electron chi connectivity index (χ2n) is 8.74. The first-order valence-electron chi connectivity index (χ1n) is 11.6. The van der Waals surface area contributed by atoms with E-state index in [-0.39, 0.29) is 36.1 Å². The van der Waals surface area contributed by atoms with Crippen molar-refractivity contribution in [2.45, 2.75) is 50.6 Å². The number of nitrogens with zero attached hydrogens (tertiary/aromatic N) is 5. The Bertz CT molecular complexity index is 1230. The standard InChI is InChI=1S/C24H25N7O4/c32-17-8-6-14(7-9-17)22-28-20(35-31-22)11-10-19(33)26-15-3-1-4-16(13-15)27-23-21-18(5-2-12-25-21)24(34)30-29-23/h2,5-9,12,15-16,18,27,32H,1,3-4,10-11,13H2,(H,26,33). The number of hydrogen-bond donors (Lipinski definition) is 3. The number of carbonyl (C=O) groups is 2. The fourth-order valence-electron chi connectivity index (χ4n) is 4.43. The monoisotopic (exact) mass is 475 g/mol. The van der Waals surface area contributed by atoms with Gasteiger partial charge in [0, 0.05) is 36.7 Å². The molecule has 3 aliphatic rings. The molecule has 0 spiro atoms. The van der Waals surface area contributed by atoms with E-state index in [2.05, 4.69) is 36.0 Å². The SMILES string of the molecule is O=C(CCc1nc(-c2ccc(O)cc2)no1)NC1CCCC(NC2=C3N=CC=CC3C(=O)N=N2)C1. The molecule has 1 aliphatic carbocycles. The lowest BCUT2D eigenvalue weighted by molar-refractivity contribution is -0.122. The Morgan fingerprint density at radius 3 is 2.83 bits per heavy atom. The normalized spacial score (nSPS) is 23.3. The molecule has 3 atom stereocenters. The lowest BCUT2D eigenvalue weighted by Gasteiger charge is -2.32. The summed E-state index contributed by atoms with van der Waals surface area (Å²) in [5.74, 6) is 0.600. The van der Waals surface area contributed by atoms with E-state index in [1.54, 1.807) is 42.6 Å². The molecule has 0 bridgehead atoms. The van der Waals surface area contributed by atoms with Gasteiger partial charge in [0.15, 0.2) is 5.82 Å². The number of benzene rings is 1. The Labute approximate surface area is 201 Å². The Morgan fingerprint density at radius 1 is 1.14 bits per heavy atom. The third-order valence-electron chi connectivity index (χ3n) is 6.19. The molecule has 2 aliphatic heterocycles. The zero-order chi connectivity index (χ0) is 24.2. The summed E-state index contributed by atoms with van der Waals surface area (Å²) in [6, 6.07) is 6.63. The summed E-state index contributed by atoms with van der Waals surface area (Å²) < 4.78 is 5.26. The fraction of sp³-hybridized carbons (Fsp3) is 0.375. The number of dihydropyridines is 1. The highest BCUT2D eigenvalue weighted by Crippen LogP contribution is 2.28. The van der Waals surface area contributed by atoms with Crippen LogP contribution in [0.1, 0.15) is 38.0 Å². The highest BCUT2D eigenvalue weighted by Gasteiger charge is 2.31. The first-order chi connectivity index (χ1) is 17.0. The number of aryl methyl sites for hydroxylation is 1. The van der Waals surface area contributed by atoms with E-state index in [0.717, 1.165) is 31.2 Å². The van der Waals surface area contributed by atoms with Crippen molar-refractivity contribution in [2.24, 2.45) is 21.1 Å². The Hall–Kier alpha value is -4.15. The van der Waals surface area contributed by atoms with Gasteiger partial charge < -0.3 is 20.3 Å². The van der Waals surface area contributed by atoms with Crippen molar-refractivity contribution in [3.63, 3.8) is 0 Å². The minimum absolute atomic E-state index is 0.0299. The minimum Gasteiger partial charge on any atom is -0.508 e. The highest BCUT2D eigenvalue weighted by molar-refractivity contribution is 5.88. The van der Waals surface area contributed by atoms with E-state index in [0.29, 0.717) is 29.7 Å². The van der Waals surface area contributed by atoms with Gasteiger partial charge >= 0.3 is 0 Å². The molecule has 2 amide bonds. The number of hydrogen-bond acceptors (Lipinski definition) is 9. The molecule has 2 aromatic rings. The van der Waals surface area contributed by atoms with Crippen LogP contribution in [0.5, 0.6) is 5.75 Å². The van der Waals surface area contributed by atoms with Crippen molar-refractivity contribution in [1.82, 2.24) is 20.8 Å². The maximum atomic E-state index is 12.6. The van der Waals surface area contributed by atoms with Gasteiger partial charge in [-0.15, -0.1) is 10.2 Å². The summed E-state index contributed by atoms with van der Waals surface area (Å²) in [4.78, 5) is 33.2. The predicted octanol–water partition coefficient (Wildman–Crippen LogP) is 2.81. The maximum Gasteiger partial charge on any atom is 0.277 e. The lowest BCUT2D eigenvalue weighted by atomic mass is 9.90. The first-order valence-corrected chi connectivity index (χ1v) is 11.6. The van der Waals surface area contributed by atoms with Crippen LogP contribution in [0, 0.1) is 5.92 Å². The number of aromatic nitrogens is 2. The summed E-state index contributed by atoms with van der Waals surface area (Å²) in [7, 11) is 0. The first kappa shape index (κ1) is 22.6. The highest BCUT2D eigenvalue weighted by atomic mass is 16.5. The molecule has 5 rings (SSSR count). The number of aromatic hydroxyl groups is 1. The third-order valence-corrected chi connectivity index (χ3v) is 6.19. The van der Waals surface area contributed by atoms with Crippen LogP contribution < -0.4 is 10.6 Å². The molecule has 3 unspecified atom stereocenters. The van der Waals surface area contributed by atoms with E-state index in [1.165, 1.54) is 0 Å². The number of aliphatic imine (C=N–C) groups is 1. The van der Waals surface area contributed by atoms with Crippen LogP contribution in [-0.4, -0.2) is 45.4 Å². The smallest absolute Gasteiger partial charge is 0.277 e. The Kier molecular flexibility index (Phi) is 6.47. The van der Waals surface area contributed by atoms with Gasteiger partial charge in [-0.1, -0.05) is 11.2 Å². The van der Waals surface area contributed by atoms with E-state index < -0.39 is 5.92 Å². The molecule has 35 heavy (non-hydrogen) atoms. The summed E-state index contributed by atoms with van der Waals surface area (Å²) in [5, 5.41) is 27.6. The van der Waals surface area contributed by atoms with Gasteiger partial charge in [-0.25, -0.2) is 0 Å². The molecule has 0 radical (unpaired) electrons. The van der Waals surface area contributed by atoms with Crippen molar-refractivity contribution < 1.29 is 19.2 Å². The number of rotatable bonds is 7. The number of phenolic OH excluding ortho intramolecular Hbond substituents is 1. The maximum absolute atomic E-state index is 12.6. The molecular formula is C24H25N7O4. The zero-order valence-corrected chi connectivity index (χ0v) is 18.9. The van der Waals surface area contributed by atoms with Gasteiger partial charge in [-0.3, -0.25) is 14.6 Å². The average molecular weight is 476 g/mol. The quantitative estimate of drug-likeness (QED) is 0.556. The van der Waals surface area contributed by atoms with Crippen molar-refractivity contribution in [3.8, 4) is 17.1 Å². The van der Waals surface area contributed by atoms with E-state index in [1.807, 2.05) is 0 Å². The van der Waals surface area contributed by atoms with E-state index >= 15 is 0 Å². The number of azo groups is 1. The molecule has 11 heteroatoms. The van der Waals surface area contributed by atoms with E-state index in [4.69, 9.17) is 4.52 Å². The number of phenols is 1. The van der Waals surface area contributed by atoms with Gasteiger partial charge in [0.1, 0.15) is 17.4 Å². The topological polar surface area (TPSA) is 154 Å². The molecule has 1 fully saturated rings. The summed E-state index contributed by atoms with van der Waals surface area (Å²) in [6.45, 7) is 0. The number of carbonyl (C=O) groups excluding carboxylic acids is 2. The van der Waals surface area contributed by atoms with Crippen LogP contribution in [0.15, 0.2) is 67.7 Å². The molecule has 0 saturated heterocycles. The predicted molar refractivity (Wildman–Crippen MR) is 125 cm³/mol. The fourth-order valence-corrected chi connectivity index (χ4v) is 4.43. The average Bonchev–Trinajstić information content (AvgIpc) is 3.35. The molecule has 1 aromatic heterocycles.